The van der Waals surface area contributed by atoms with Crippen molar-refractivity contribution in [3.63, 3.8) is 0 Å². The van der Waals surface area contributed by atoms with Crippen LogP contribution in [0.25, 0.3) is 0 Å². The van der Waals surface area contributed by atoms with Crippen molar-refractivity contribution in [2.75, 3.05) is 25.5 Å². The fraction of sp³-hybridized carbons (Fsp3) is 0.364. The molecule has 0 atom stereocenters. The SMILES string of the molecule is CC(C)N(C)CCCCNC(=O)C(=O)Nc1ccc(N=Nc2ccccc2)cc1. The van der Waals surface area contributed by atoms with Gasteiger partial charge in [0.05, 0.1) is 11.4 Å². The summed E-state index contributed by atoms with van der Waals surface area (Å²) in [5.74, 6) is -1.31. The summed E-state index contributed by atoms with van der Waals surface area (Å²) in [7, 11) is 2.07. The summed E-state index contributed by atoms with van der Waals surface area (Å²) in [6, 6.07) is 16.7. The Hall–Kier alpha value is -3.06. The molecular weight excluding hydrogens is 366 g/mol. The molecule has 0 saturated carbocycles. The molecule has 0 bridgehead atoms. The predicted octanol–water partition coefficient (Wildman–Crippen LogP) is 4.28. The van der Waals surface area contributed by atoms with Gasteiger partial charge in [-0.05, 0) is 76.7 Å². The van der Waals surface area contributed by atoms with Crippen LogP contribution in [0.15, 0.2) is 64.8 Å². The van der Waals surface area contributed by atoms with Crippen LogP contribution in [0.2, 0.25) is 0 Å². The highest BCUT2D eigenvalue weighted by molar-refractivity contribution is 6.39. The van der Waals surface area contributed by atoms with Crippen LogP contribution in [0.1, 0.15) is 26.7 Å². The van der Waals surface area contributed by atoms with Crippen molar-refractivity contribution in [2.45, 2.75) is 32.7 Å². The number of azo groups is 1. The molecule has 0 unspecified atom stereocenters. The molecule has 0 heterocycles. The maximum absolute atomic E-state index is 12.0. The van der Waals surface area contributed by atoms with Crippen LogP contribution >= 0.6 is 0 Å². The molecule has 0 fully saturated rings. The molecule has 0 radical (unpaired) electrons. The van der Waals surface area contributed by atoms with E-state index in [4.69, 9.17) is 0 Å². The number of amides is 2. The van der Waals surface area contributed by atoms with E-state index in [2.05, 4.69) is 46.7 Å². The first-order chi connectivity index (χ1) is 14.0. The molecule has 7 heteroatoms. The fourth-order valence-corrected chi connectivity index (χ4v) is 2.44. The lowest BCUT2D eigenvalue weighted by molar-refractivity contribution is -0.136. The summed E-state index contributed by atoms with van der Waals surface area (Å²) >= 11 is 0. The highest BCUT2D eigenvalue weighted by Crippen LogP contribution is 2.19. The Morgan fingerprint density at radius 1 is 0.897 bits per heavy atom. The minimum Gasteiger partial charge on any atom is -0.348 e. The van der Waals surface area contributed by atoms with E-state index in [1.54, 1.807) is 24.3 Å². The van der Waals surface area contributed by atoms with Gasteiger partial charge in [-0.15, -0.1) is 0 Å². The van der Waals surface area contributed by atoms with E-state index in [1.807, 2.05) is 30.3 Å². The molecule has 0 aliphatic rings. The number of nitrogens with one attached hydrogen (secondary N) is 2. The van der Waals surface area contributed by atoms with Gasteiger partial charge in [-0.1, -0.05) is 18.2 Å². The van der Waals surface area contributed by atoms with Gasteiger partial charge in [0.1, 0.15) is 0 Å². The van der Waals surface area contributed by atoms with Crippen molar-refractivity contribution in [2.24, 2.45) is 10.2 Å². The largest absolute Gasteiger partial charge is 0.348 e. The van der Waals surface area contributed by atoms with Crippen LogP contribution in [0, 0.1) is 0 Å². The molecule has 2 rings (SSSR count). The van der Waals surface area contributed by atoms with Gasteiger partial charge in [0.2, 0.25) is 0 Å². The van der Waals surface area contributed by atoms with Crippen LogP contribution in [0.3, 0.4) is 0 Å². The molecule has 0 aliphatic heterocycles. The van der Waals surface area contributed by atoms with Crippen molar-refractivity contribution in [1.29, 1.82) is 0 Å². The summed E-state index contributed by atoms with van der Waals surface area (Å²) in [4.78, 5) is 26.2. The third-order valence-electron chi connectivity index (χ3n) is 4.47. The minimum absolute atomic E-state index is 0.483. The van der Waals surface area contributed by atoms with Crippen LogP contribution in [0.4, 0.5) is 17.1 Å². The number of rotatable bonds is 9. The zero-order valence-corrected chi connectivity index (χ0v) is 17.3. The Labute approximate surface area is 172 Å². The number of carbonyl (C=O) groups is 2. The molecule has 7 nitrogen and oxygen atoms in total. The first-order valence-electron chi connectivity index (χ1n) is 9.82. The number of carbonyl (C=O) groups excluding carboxylic acids is 2. The first kappa shape index (κ1) is 22.2. The van der Waals surface area contributed by atoms with Gasteiger partial charge in [-0.2, -0.15) is 10.2 Å². The molecule has 2 amide bonds. The Balaban J connectivity index is 1.72. The second-order valence-corrected chi connectivity index (χ2v) is 7.07. The molecule has 0 saturated heterocycles. The van der Waals surface area contributed by atoms with Crippen molar-refractivity contribution >= 4 is 28.9 Å². The van der Waals surface area contributed by atoms with E-state index < -0.39 is 11.8 Å². The molecular formula is C22H29N5O2. The number of hydrogen-bond donors (Lipinski definition) is 2. The fourth-order valence-electron chi connectivity index (χ4n) is 2.44. The number of unbranched alkanes of at least 4 members (excludes halogenated alkanes) is 1. The molecule has 154 valence electrons. The van der Waals surface area contributed by atoms with Crippen LogP contribution in [-0.4, -0.2) is 42.9 Å². The smallest absolute Gasteiger partial charge is 0.313 e. The summed E-state index contributed by atoms with van der Waals surface area (Å²) in [5.41, 5.74) is 1.95. The van der Waals surface area contributed by atoms with E-state index in [0.29, 0.717) is 24.0 Å². The third-order valence-corrected chi connectivity index (χ3v) is 4.47. The molecule has 0 aromatic heterocycles. The maximum atomic E-state index is 12.0. The zero-order valence-electron chi connectivity index (χ0n) is 17.3. The van der Waals surface area contributed by atoms with E-state index in [9.17, 15) is 9.59 Å². The molecule has 0 aliphatic carbocycles. The number of benzene rings is 2. The van der Waals surface area contributed by atoms with Crippen molar-refractivity contribution < 1.29 is 9.59 Å². The molecule has 2 aromatic carbocycles. The Morgan fingerprint density at radius 2 is 1.52 bits per heavy atom. The van der Waals surface area contributed by atoms with Gasteiger partial charge in [0.15, 0.2) is 0 Å². The zero-order chi connectivity index (χ0) is 21.1. The van der Waals surface area contributed by atoms with E-state index in [1.165, 1.54) is 0 Å². The maximum Gasteiger partial charge on any atom is 0.313 e. The Morgan fingerprint density at radius 3 is 2.14 bits per heavy atom. The quantitative estimate of drug-likeness (QED) is 0.377. The predicted molar refractivity (Wildman–Crippen MR) is 116 cm³/mol. The Kier molecular flexibility index (Phi) is 8.98. The second-order valence-electron chi connectivity index (χ2n) is 7.07. The van der Waals surface area contributed by atoms with E-state index in [-0.39, 0.29) is 0 Å². The first-order valence-corrected chi connectivity index (χ1v) is 9.82. The van der Waals surface area contributed by atoms with E-state index >= 15 is 0 Å². The van der Waals surface area contributed by atoms with E-state index in [0.717, 1.165) is 25.1 Å². The van der Waals surface area contributed by atoms with Crippen molar-refractivity contribution in [3.05, 3.63) is 54.6 Å². The number of hydrogen-bond acceptors (Lipinski definition) is 5. The average molecular weight is 396 g/mol. The van der Waals surface area contributed by atoms with Crippen LogP contribution < -0.4 is 10.6 Å². The van der Waals surface area contributed by atoms with Gasteiger partial charge in [-0.3, -0.25) is 9.59 Å². The number of anilines is 1. The van der Waals surface area contributed by atoms with Gasteiger partial charge < -0.3 is 15.5 Å². The summed E-state index contributed by atoms with van der Waals surface area (Å²) in [5, 5.41) is 13.5. The average Bonchev–Trinajstić information content (AvgIpc) is 2.73. The van der Waals surface area contributed by atoms with Gasteiger partial charge in [0.25, 0.3) is 0 Å². The summed E-state index contributed by atoms with van der Waals surface area (Å²) < 4.78 is 0. The van der Waals surface area contributed by atoms with Crippen LogP contribution in [-0.2, 0) is 9.59 Å². The topological polar surface area (TPSA) is 86.2 Å². The molecule has 0 spiro atoms. The number of nitrogens with zero attached hydrogens (tertiary/aromatic N) is 3. The van der Waals surface area contributed by atoms with Crippen LogP contribution in [0.5, 0.6) is 0 Å². The molecule has 2 N–H and O–H groups in total. The summed E-state index contributed by atoms with van der Waals surface area (Å²) in [6.45, 7) is 5.74. The standard InChI is InChI=1S/C22H29N5O2/c1-17(2)27(3)16-8-7-15-23-21(28)22(29)24-18-11-13-20(14-12-18)26-25-19-9-5-4-6-10-19/h4-6,9-14,17H,7-8,15-16H2,1-3H3,(H,23,28)(H,24,29). The van der Waals surface area contributed by atoms with Gasteiger partial charge in [0, 0.05) is 18.3 Å². The minimum atomic E-state index is -0.678. The normalized spacial score (nSPS) is 11.2. The van der Waals surface area contributed by atoms with Gasteiger partial charge >= 0.3 is 11.8 Å². The highest BCUT2D eigenvalue weighted by atomic mass is 16.2. The molecule has 29 heavy (non-hydrogen) atoms. The van der Waals surface area contributed by atoms with Crippen molar-refractivity contribution in [3.8, 4) is 0 Å². The molecule has 2 aromatic rings. The van der Waals surface area contributed by atoms with Gasteiger partial charge in [-0.25, -0.2) is 0 Å². The third kappa shape index (κ3) is 8.23. The lowest BCUT2D eigenvalue weighted by Crippen LogP contribution is -2.36. The summed E-state index contributed by atoms with van der Waals surface area (Å²) in [6.07, 6.45) is 1.80. The highest BCUT2D eigenvalue weighted by Gasteiger charge is 2.13. The lowest BCUT2D eigenvalue weighted by atomic mass is 10.2. The Bertz CT molecular complexity index is 804. The van der Waals surface area contributed by atoms with Crippen molar-refractivity contribution in [1.82, 2.24) is 10.2 Å². The lowest BCUT2D eigenvalue weighted by Gasteiger charge is -2.20. The monoisotopic (exact) mass is 395 g/mol. The second kappa shape index (κ2) is 11.7.